The van der Waals surface area contributed by atoms with Crippen molar-refractivity contribution in [1.29, 1.82) is 0 Å². The Labute approximate surface area is 157 Å². The van der Waals surface area contributed by atoms with Crippen LogP contribution in [0.4, 0.5) is 28.7 Å². The van der Waals surface area contributed by atoms with Gasteiger partial charge in [0.1, 0.15) is 23.5 Å². The van der Waals surface area contributed by atoms with Gasteiger partial charge in [0.25, 0.3) is 0 Å². The van der Waals surface area contributed by atoms with E-state index in [9.17, 15) is 0 Å². The van der Waals surface area contributed by atoms with Crippen LogP contribution in [0.2, 0.25) is 0 Å². The number of anilines is 5. The largest absolute Gasteiger partial charge is 0.497 e. The van der Waals surface area contributed by atoms with Gasteiger partial charge in [-0.1, -0.05) is 18.2 Å². The van der Waals surface area contributed by atoms with Crippen LogP contribution in [0.1, 0.15) is 5.56 Å². The van der Waals surface area contributed by atoms with Crippen molar-refractivity contribution < 1.29 is 9.47 Å². The zero-order chi connectivity index (χ0) is 18.8. The number of rotatable bonds is 5. The summed E-state index contributed by atoms with van der Waals surface area (Å²) in [4.78, 5) is 10.9. The summed E-state index contributed by atoms with van der Waals surface area (Å²) in [6.45, 7) is 0.839. The predicted octanol–water partition coefficient (Wildman–Crippen LogP) is 3.51. The maximum atomic E-state index is 6.42. The quantitative estimate of drug-likeness (QED) is 0.717. The number of nitrogens with one attached hydrogen (secondary N) is 1. The summed E-state index contributed by atoms with van der Waals surface area (Å²) in [5.41, 5.74) is 10.1. The number of methoxy groups -OCH3 is 2. The van der Waals surface area contributed by atoms with Crippen molar-refractivity contribution >= 4 is 28.7 Å². The highest BCUT2D eigenvalue weighted by molar-refractivity contribution is 5.84. The third-order valence-electron chi connectivity index (χ3n) is 4.67. The second-order valence-corrected chi connectivity index (χ2v) is 6.18. The first kappa shape index (κ1) is 17.0. The Balaban J connectivity index is 1.68. The highest BCUT2D eigenvalue weighted by Gasteiger charge is 2.24. The number of benzene rings is 2. The van der Waals surface area contributed by atoms with Crippen molar-refractivity contribution in [2.45, 2.75) is 6.42 Å². The number of ether oxygens (including phenoxy) is 2. The Morgan fingerprint density at radius 2 is 1.93 bits per heavy atom. The van der Waals surface area contributed by atoms with Gasteiger partial charge in [0.15, 0.2) is 11.6 Å². The average Bonchev–Trinajstić information content (AvgIpc) is 3.14. The van der Waals surface area contributed by atoms with E-state index in [0.29, 0.717) is 28.8 Å². The highest BCUT2D eigenvalue weighted by atomic mass is 16.5. The fraction of sp³-hybridized carbons (Fsp3) is 0.200. The molecule has 0 spiro atoms. The molecule has 0 radical (unpaired) electrons. The number of nitrogens with two attached hydrogens (primary N) is 1. The molecule has 0 unspecified atom stereocenters. The van der Waals surface area contributed by atoms with E-state index < -0.39 is 0 Å². The number of nitrogen functional groups attached to an aromatic ring is 1. The second-order valence-electron chi connectivity index (χ2n) is 6.18. The van der Waals surface area contributed by atoms with Gasteiger partial charge in [-0.15, -0.1) is 0 Å². The van der Waals surface area contributed by atoms with Crippen molar-refractivity contribution in [3.8, 4) is 11.5 Å². The zero-order valence-electron chi connectivity index (χ0n) is 15.3. The van der Waals surface area contributed by atoms with Gasteiger partial charge in [0.05, 0.1) is 19.9 Å². The first-order valence-corrected chi connectivity index (χ1v) is 8.66. The third-order valence-corrected chi connectivity index (χ3v) is 4.67. The van der Waals surface area contributed by atoms with E-state index in [0.717, 1.165) is 24.3 Å². The number of aromatic nitrogens is 2. The second kappa shape index (κ2) is 7.03. The lowest BCUT2D eigenvalue weighted by Crippen LogP contribution is -2.17. The van der Waals surface area contributed by atoms with E-state index in [1.807, 2.05) is 18.2 Å². The normalized spacial score (nSPS) is 12.6. The Hall–Kier alpha value is -3.48. The summed E-state index contributed by atoms with van der Waals surface area (Å²) in [6, 6.07) is 13.8. The van der Waals surface area contributed by atoms with Crippen LogP contribution in [-0.2, 0) is 6.42 Å². The fourth-order valence-corrected chi connectivity index (χ4v) is 3.29. The Kier molecular flexibility index (Phi) is 4.42. The molecule has 1 aromatic heterocycles. The molecule has 0 aliphatic carbocycles. The molecule has 0 bridgehead atoms. The molecule has 0 atom stereocenters. The van der Waals surface area contributed by atoms with Gasteiger partial charge in [-0.3, -0.25) is 0 Å². The fourth-order valence-electron chi connectivity index (χ4n) is 3.29. The summed E-state index contributed by atoms with van der Waals surface area (Å²) >= 11 is 0. The van der Waals surface area contributed by atoms with E-state index in [4.69, 9.17) is 15.2 Å². The van der Waals surface area contributed by atoms with Gasteiger partial charge in [-0.25, -0.2) is 9.97 Å². The van der Waals surface area contributed by atoms with Crippen LogP contribution >= 0.6 is 0 Å². The molecule has 0 saturated carbocycles. The van der Waals surface area contributed by atoms with Gasteiger partial charge in [0, 0.05) is 18.3 Å². The van der Waals surface area contributed by atoms with Gasteiger partial charge in [-0.05, 0) is 30.2 Å². The molecule has 2 heterocycles. The van der Waals surface area contributed by atoms with Crippen LogP contribution in [0.15, 0.2) is 48.8 Å². The molecule has 0 amide bonds. The van der Waals surface area contributed by atoms with Gasteiger partial charge in [0.2, 0.25) is 0 Å². The van der Waals surface area contributed by atoms with Crippen LogP contribution in [-0.4, -0.2) is 30.7 Å². The minimum absolute atomic E-state index is 0.493. The van der Waals surface area contributed by atoms with Crippen molar-refractivity contribution in [1.82, 2.24) is 9.97 Å². The number of hydrogen-bond donors (Lipinski definition) is 2. The monoisotopic (exact) mass is 363 g/mol. The summed E-state index contributed by atoms with van der Waals surface area (Å²) in [5, 5.41) is 3.25. The topological polar surface area (TPSA) is 85.5 Å². The van der Waals surface area contributed by atoms with E-state index >= 15 is 0 Å². The predicted molar refractivity (Wildman–Crippen MR) is 106 cm³/mol. The SMILES string of the molecule is COc1ccc(Nc2ncnc(N3CCc4ccccc43)c2N)c(OC)c1. The number of para-hydroxylation sites is 1. The standard InChI is InChI=1S/C20H21N5O2/c1-26-14-7-8-15(17(11-14)27-2)24-19-18(21)20(23-12-22-19)25-10-9-13-5-3-4-6-16(13)25/h3-8,11-12H,9-10,21H2,1-2H3,(H,22,23,24). The van der Waals surface area contributed by atoms with Crippen molar-refractivity contribution in [2.75, 3.05) is 36.7 Å². The molecule has 27 heavy (non-hydrogen) atoms. The number of nitrogens with zero attached hydrogens (tertiary/aromatic N) is 3. The van der Waals surface area contributed by atoms with E-state index in [2.05, 4.69) is 38.4 Å². The van der Waals surface area contributed by atoms with Gasteiger partial charge in [-0.2, -0.15) is 0 Å². The molecule has 1 aliphatic rings. The first-order valence-electron chi connectivity index (χ1n) is 8.66. The van der Waals surface area contributed by atoms with E-state index in [1.165, 1.54) is 11.9 Å². The number of hydrogen-bond acceptors (Lipinski definition) is 7. The maximum Gasteiger partial charge on any atom is 0.161 e. The van der Waals surface area contributed by atoms with Crippen LogP contribution < -0.4 is 25.4 Å². The molecule has 0 saturated heterocycles. The molecule has 7 nitrogen and oxygen atoms in total. The van der Waals surface area contributed by atoms with Crippen LogP contribution in [0.3, 0.4) is 0 Å². The Bertz CT molecular complexity index is 976. The van der Waals surface area contributed by atoms with Crippen LogP contribution in [0.25, 0.3) is 0 Å². The summed E-state index contributed by atoms with van der Waals surface area (Å²) in [6.07, 6.45) is 2.49. The zero-order valence-corrected chi connectivity index (χ0v) is 15.3. The van der Waals surface area contributed by atoms with Crippen LogP contribution in [0.5, 0.6) is 11.5 Å². The van der Waals surface area contributed by atoms with Crippen LogP contribution in [0, 0.1) is 0 Å². The molecule has 7 heteroatoms. The summed E-state index contributed by atoms with van der Waals surface area (Å²) in [5.74, 6) is 2.58. The van der Waals surface area contributed by atoms with Crippen molar-refractivity contribution in [2.24, 2.45) is 0 Å². The minimum Gasteiger partial charge on any atom is -0.497 e. The maximum absolute atomic E-state index is 6.42. The molecule has 4 rings (SSSR count). The lowest BCUT2D eigenvalue weighted by molar-refractivity contribution is 0.395. The first-order chi connectivity index (χ1) is 13.2. The summed E-state index contributed by atoms with van der Waals surface area (Å²) in [7, 11) is 3.22. The summed E-state index contributed by atoms with van der Waals surface area (Å²) < 4.78 is 10.7. The van der Waals surface area contributed by atoms with Crippen molar-refractivity contribution in [3.63, 3.8) is 0 Å². The van der Waals surface area contributed by atoms with Gasteiger partial charge < -0.3 is 25.4 Å². The molecule has 3 N–H and O–H groups in total. The van der Waals surface area contributed by atoms with Gasteiger partial charge >= 0.3 is 0 Å². The number of fused-ring (bicyclic) bond motifs is 1. The van der Waals surface area contributed by atoms with Crippen molar-refractivity contribution in [3.05, 3.63) is 54.4 Å². The molecule has 1 aliphatic heterocycles. The Morgan fingerprint density at radius 3 is 2.74 bits per heavy atom. The molecular weight excluding hydrogens is 342 g/mol. The van der Waals surface area contributed by atoms with E-state index in [-0.39, 0.29) is 0 Å². The molecule has 0 fully saturated rings. The smallest absolute Gasteiger partial charge is 0.161 e. The highest BCUT2D eigenvalue weighted by Crippen LogP contribution is 2.39. The third kappa shape index (κ3) is 3.08. The van der Waals surface area contributed by atoms with E-state index in [1.54, 1.807) is 20.3 Å². The molecule has 2 aromatic carbocycles. The molecular formula is C20H21N5O2. The minimum atomic E-state index is 0.493. The lowest BCUT2D eigenvalue weighted by atomic mass is 10.2. The molecule has 3 aromatic rings. The molecule has 138 valence electrons. The Morgan fingerprint density at radius 1 is 1.07 bits per heavy atom. The average molecular weight is 363 g/mol. The lowest BCUT2D eigenvalue weighted by Gasteiger charge is -2.21.